The Labute approximate surface area is 216 Å². The van der Waals surface area contributed by atoms with E-state index in [0.717, 1.165) is 12.8 Å². The molecule has 0 amide bonds. The number of hydrogen-bond donors (Lipinski definition) is 2. The van der Waals surface area contributed by atoms with Crippen LogP contribution in [-0.2, 0) is 19.2 Å². The summed E-state index contributed by atoms with van der Waals surface area (Å²) in [6, 6.07) is 0. The Morgan fingerprint density at radius 3 is 1.06 bits per heavy atom. The van der Waals surface area contributed by atoms with Crippen molar-refractivity contribution < 1.29 is 39.6 Å². The van der Waals surface area contributed by atoms with Gasteiger partial charge in [0.15, 0.2) is 0 Å². The van der Waals surface area contributed by atoms with Crippen molar-refractivity contribution in [1.29, 1.82) is 0 Å². The first-order valence-electron chi connectivity index (χ1n) is 10.9. The van der Waals surface area contributed by atoms with E-state index in [2.05, 4.69) is 27.7 Å². The molecule has 2 N–H and O–H groups in total. The van der Waals surface area contributed by atoms with Gasteiger partial charge in [0.05, 0.1) is 11.9 Å². The molecule has 0 spiro atoms. The Balaban J connectivity index is -0.000000105. The SMILES string of the molecule is O=C(O)C=CC(=O)O.O=C([O-])C=CC(=O)[O-].[CH2]CCCCCCC.[CH2]CCCCCCC.[Sn+2]. The molecule has 0 aromatic carbocycles. The van der Waals surface area contributed by atoms with Crippen molar-refractivity contribution in [1.82, 2.24) is 0 Å². The van der Waals surface area contributed by atoms with Crippen LogP contribution in [0.3, 0.4) is 0 Å². The number of unbranched alkanes of at least 4 members (excludes halogenated alkanes) is 10. The number of rotatable bonds is 14. The van der Waals surface area contributed by atoms with Crippen molar-refractivity contribution >= 4 is 47.8 Å². The summed E-state index contributed by atoms with van der Waals surface area (Å²) in [5, 5.41) is 34.5. The van der Waals surface area contributed by atoms with E-state index in [4.69, 9.17) is 10.2 Å². The molecule has 0 fully saturated rings. The van der Waals surface area contributed by atoms with Crippen LogP contribution in [0, 0.1) is 13.8 Å². The summed E-state index contributed by atoms with van der Waals surface area (Å²) in [5.74, 6) is -5.61. The summed E-state index contributed by atoms with van der Waals surface area (Å²) in [5.41, 5.74) is 0. The van der Waals surface area contributed by atoms with Gasteiger partial charge in [0.25, 0.3) is 0 Å². The average Bonchev–Trinajstić information content (AvgIpc) is 2.73. The number of carboxylic acid groups (broad SMARTS) is 4. The van der Waals surface area contributed by atoms with E-state index in [1.807, 2.05) is 0 Å². The Morgan fingerprint density at radius 2 is 0.879 bits per heavy atom. The zero-order valence-corrected chi connectivity index (χ0v) is 22.9. The van der Waals surface area contributed by atoms with Gasteiger partial charge in [-0.15, -0.1) is 0 Å². The molecule has 0 aliphatic rings. The van der Waals surface area contributed by atoms with Crippen LogP contribution >= 0.6 is 0 Å². The van der Waals surface area contributed by atoms with E-state index < -0.39 is 23.9 Å². The third-order valence-electron chi connectivity index (χ3n) is 3.43. The van der Waals surface area contributed by atoms with E-state index in [9.17, 15) is 29.4 Å². The van der Waals surface area contributed by atoms with Crippen molar-refractivity contribution in [2.45, 2.75) is 90.9 Å². The normalized spacial score (nSPS) is 9.33. The molecule has 0 saturated carbocycles. The third kappa shape index (κ3) is 72.5. The third-order valence-corrected chi connectivity index (χ3v) is 3.43. The second-order valence-electron chi connectivity index (χ2n) is 6.52. The van der Waals surface area contributed by atoms with Crippen LogP contribution in [0.25, 0.3) is 0 Å². The smallest absolute Gasteiger partial charge is 0.545 e. The van der Waals surface area contributed by atoms with Crippen LogP contribution < -0.4 is 10.2 Å². The molecule has 0 heterocycles. The van der Waals surface area contributed by atoms with Gasteiger partial charge in [-0.2, -0.15) is 0 Å². The predicted octanol–water partition coefficient (Wildman–Crippen LogP) is 2.74. The molecule has 4 radical (unpaired) electrons. The fourth-order valence-corrected chi connectivity index (χ4v) is 1.84. The Hall–Kier alpha value is -1.84. The topological polar surface area (TPSA) is 155 Å². The van der Waals surface area contributed by atoms with Crippen molar-refractivity contribution in [3.8, 4) is 0 Å². The fourth-order valence-electron chi connectivity index (χ4n) is 1.84. The first-order valence-corrected chi connectivity index (χ1v) is 10.9. The summed E-state index contributed by atoms with van der Waals surface area (Å²) >= 11 is 0. The van der Waals surface area contributed by atoms with Gasteiger partial charge in [-0.1, -0.05) is 105 Å². The molecule has 0 saturated heterocycles. The van der Waals surface area contributed by atoms with Crippen LogP contribution in [0.15, 0.2) is 24.3 Å². The van der Waals surface area contributed by atoms with Gasteiger partial charge in [0, 0.05) is 12.2 Å². The summed E-state index contributed by atoms with van der Waals surface area (Å²) in [6.07, 6.45) is 17.8. The van der Waals surface area contributed by atoms with Gasteiger partial charge in [0.2, 0.25) is 0 Å². The number of aliphatic carboxylic acids is 4. The van der Waals surface area contributed by atoms with Gasteiger partial charge in [0.1, 0.15) is 0 Å². The molecular formula is C24H40O8Sn. The minimum absolute atomic E-state index is 0. The molecule has 9 heteroatoms. The van der Waals surface area contributed by atoms with Crippen LogP contribution in [0.2, 0.25) is 0 Å². The maximum absolute atomic E-state index is 9.55. The van der Waals surface area contributed by atoms with Gasteiger partial charge in [-0.25, -0.2) is 9.59 Å². The molecule has 0 aromatic rings. The maximum atomic E-state index is 9.55. The molecule has 0 atom stereocenters. The number of hydrogen-bond acceptors (Lipinski definition) is 6. The molecule has 0 unspecified atom stereocenters. The van der Waals surface area contributed by atoms with Crippen LogP contribution in [0.5, 0.6) is 0 Å². The van der Waals surface area contributed by atoms with Crippen molar-refractivity contribution in [2.75, 3.05) is 0 Å². The van der Waals surface area contributed by atoms with Gasteiger partial charge < -0.3 is 30.0 Å². The Bertz CT molecular complexity index is 427. The minimum Gasteiger partial charge on any atom is -0.545 e. The van der Waals surface area contributed by atoms with Gasteiger partial charge in [-0.05, 0) is 12.2 Å². The van der Waals surface area contributed by atoms with E-state index in [-0.39, 0.29) is 23.9 Å². The molecule has 33 heavy (non-hydrogen) atoms. The van der Waals surface area contributed by atoms with Crippen LogP contribution in [-0.4, -0.2) is 58.0 Å². The average molecular weight is 575 g/mol. The first-order chi connectivity index (χ1) is 15.1. The maximum Gasteiger partial charge on any atom is 2.00 e. The Kier molecular flexibility index (Phi) is 47.0. The monoisotopic (exact) mass is 576 g/mol. The molecular weight excluding hydrogens is 535 g/mol. The number of carbonyl (C=O) groups excluding carboxylic acids is 2. The first kappa shape index (κ1) is 41.4. The quantitative estimate of drug-likeness (QED) is 0.182. The van der Waals surface area contributed by atoms with Gasteiger partial charge in [-0.3, -0.25) is 0 Å². The molecule has 0 bridgehead atoms. The Morgan fingerprint density at radius 1 is 0.606 bits per heavy atom. The summed E-state index contributed by atoms with van der Waals surface area (Å²) in [6.45, 7) is 12.0. The van der Waals surface area contributed by atoms with E-state index in [1.165, 1.54) is 64.2 Å². The molecule has 0 aliphatic heterocycles. The van der Waals surface area contributed by atoms with Crippen molar-refractivity contribution in [3.05, 3.63) is 38.2 Å². The summed E-state index contributed by atoms with van der Waals surface area (Å²) < 4.78 is 0. The number of carboxylic acids is 4. The van der Waals surface area contributed by atoms with E-state index >= 15 is 0 Å². The molecule has 188 valence electrons. The van der Waals surface area contributed by atoms with Crippen molar-refractivity contribution in [3.63, 3.8) is 0 Å². The van der Waals surface area contributed by atoms with E-state index in [0.29, 0.717) is 24.3 Å². The molecule has 0 rings (SSSR count). The number of carbonyl (C=O) groups is 4. The largest absolute Gasteiger partial charge is 2.00 e. The second kappa shape index (κ2) is 37.5. The summed E-state index contributed by atoms with van der Waals surface area (Å²) in [7, 11) is 0. The standard InChI is InChI=1S/2C8H17.2C4H4O4.Sn/c2*1-3-5-7-8-6-4-2;2*5-3(6)1-2-4(7)8;/h2*1,3-8H2,2H3;2*1-2H,(H,5,6)(H,7,8);/q;;;;+2/p-2. The molecule has 0 aliphatic carbocycles. The molecule has 0 aromatic heterocycles. The zero-order valence-electron chi connectivity index (χ0n) is 20.1. The van der Waals surface area contributed by atoms with Crippen molar-refractivity contribution in [2.24, 2.45) is 0 Å². The minimum atomic E-state index is -1.55. The zero-order chi connectivity index (χ0) is 25.6. The fraction of sp³-hybridized carbons (Fsp3) is 0.583. The molecule has 8 nitrogen and oxygen atoms in total. The van der Waals surface area contributed by atoms with Gasteiger partial charge >= 0.3 is 35.8 Å². The second-order valence-corrected chi connectivity index (χ2v) is 6.52. The van der Waals surface area contributed by atoms with E-state index in [1.54, 1.807) is 0 Å². The van der Waals surface area contributed by atoms with Crippen LogP contribution in [0.1, 0.15) is 90.9 Å². The predicted molar refractivity (Wildman–Crippen MR) is 127 cm³/mol. The van der Waals surface area contributed by atoms with Crippen LogP contribution in [0.4, 0.5) is 0 Å². The summed E-state index contributed by atoms with van der Waals surface area (Å²) in [4.78, 5) is 37.9.